The average molecular weight is 381 g/mol. The Labute approximate surface area is 127 Å². The molecule has 2 rings (SSSR count). The lowest BCUT2D eigenvalue weighted by Gasteiger charge is -2.26. The van der Waals surface area contributed by atoms with Gasteiger partial charge in [0.15, 0.2) is 0 Å². The van der Waals surface area contributed by atoms with Crippen molar-refractivity contribution in [2.75, 3.05) is 0 Å². The Morgan fingerprint density at radius 1 is 1.17 bits per heavy atom. The first-order valence-electron chi connectivity index (χ1n) is 5.97. The highest BCUT2D eigenvalue weighted by Gasteiger charge is 2.20. The summed E-state index contributed by atoms with van der Waals surface area (Å²) in [5.41, 5.74) is 6.58. The summed E-state index contributed by atoms with van der Waals surface area (Å²) in [7, 11) is 0. The zero-order valence-corrected chi connectivity index (χ0v) is 13.0. The van der Waals surface area contributed by atoms with Crippen molar-refractivity contribution in [3.63, 3.8) is 0 Å². The van der Waals surface area contributed by atoms with Crippen molar-refractivity contribution in [1.29, 1.82) is 0 Å². The van der Waals surface area contributed by atoms with Crippen LogP contribution in [0.5, 0.6) is 0 Å². The van der Waals surface area contributed by atoms with Crippen LogP contribution in [-0.2, 0) is 0 Å². The van der Waals surface area contributed by atoms with Crippen molar-refractivity contribution >= 4 is 40.9 Å². The van der Waals surface area contributed by atoms with Crippen LogP contribution in [0.4, 0.5) is 0 Å². The van der Waals surface area contributed by atoms with Crippen molar-refractivity contribution in [2.45, 2.75) is 37.8 Å². The number of benzene rings is 1. The lowest BCUT2D eigenvalue weighted by molar-refractivity contribution is 0.0926. The van der Waals surface area contributed by atoms with Gasteiger partial charge in [-0.2, -0.15) is 0 Å². The quantitative estimate of drug-likeness (QED) is 0.775. The van der Waals surface area contributed by atoms with Crippen molar-refractivity contribution in [3.8, 4) is 0 Å². The summed E-state index contributed by atoms with van der Waals surface area (Å²) < 4.78 is 1.14. The zero-order chi connectivity index (χ0) is 12.3. The minimum atomic E-state index is 0. The summed E-state index contributed by atoms with van der Waals surface area (Å²) in [6, 6.07) is 8.25. The number of nitrogens with two attached hydrogens (primary N) is 1. The van der Waals surface area contributed by atoms with Gasteiger partial charge in [0, 0.05) is 21.2 Å². The summed E-state index contributed by atoms with van der Waals surface area (Å²) in [6.45, 7) is 0. The van der Waals surface area contributed by atoms with E-state index in [4.69, 9.17) is 5.73 Å². The van der Waals surface area contributed by atoms with Crippen LogP contribution in [-0.4, -0.2) is 18.0 Å². The van der Waals surface area contributed by atoms with Gasteiger partial charge in [0.05, 0.1) is 0 Å². The van der Waals surface area contributed by atoms with E-state index in [9.17, 15) is 4.79 Å². The van der Waals surface area contributed by atoms with Gasteiger partial charge in [-0.15, -0.1) is 12.4 Å². The van der Waals surface area contributed by atoms with Crippen molar-refractivity contribution in [2.24, 2.45) is 5.73 Å². The van der Waals surface area contributed by atoms with Gasteiger partial charge in [0.2, 0.25) is 0 Å². The van der Waals surface area contributed by atoms with E-state index in [0.717, 1.165) is 34.8 Å². The summed E-state index contributed by atoms with van der Waals surface area (Å²) in [5, 5.41) is 3.08. The number of halogens is 2. The second-order valence-electron chi connectivity index (χ2n) is 4.59. The predicted octanol–water partition coefficient (Wildman–Crippen LogP) is 2.71. The van der Waals surface area contributed by atoms with E-state index in [0.29, 0.717) is 12.1 Å². The molecule has 18 heavy (non-hydrogen) atoms. The Morgan fingerprint density at radius 2 is 1.72 bits per heavy atom. The van der Waals surface area contributed by atoms with Gasteiger partial charge in [-0.1, -0.05) is 0 Å². The fourth-order valence-corrected chi connectivity index (χ4v) is 2.49. The van der Waals surface area contributed by atoms with Crippen LogP contribution >= 0.6 is 35.0 Å². The largest absolute Gasteiger partial charge is 0.349 e. The van der Waals surface area contributed by atoms with E-state index >= 15 is 0 Å². The van der Waals surface area contributed by atoms with Crippen molar-refractivity contribution in [1.82, 2.24) is 5.32 Å². The minimum absolute atomic E-state index is 0. The summed E-state index contributed by atoms with van der Waals surface area (Å²) in [4.78, 5) is 12.0. The summed E-state index contributed by atoms with van der Waals surface area (Å²) in [5.74, 6) is 0.0295. The molecule has 0 aliphatic heterocycles. The second kappa shape index (κ2) is 7.31. The molecule has 3 nitrogen and oxygen atoms in total. The molecule has 5 heteroatoms. The molecule has 0 radical (unpaired) electrons. The van der Waals surface area contributed by atoms with Crippen LogP contribution in [0.3, 0.4) is 0 Å². The van der Waals surface area contributed by atoms with Crippen LogP contribution in [0.2, 0.25) is 0 Å². The molecular weight excluding hydrogens is 363 g/mol. The van der Waals surface area contributed by atoms with Crippen LogP contribution in [0, 0.1) is 3.57 Å². The number of carbonyl (C=O) groups excluding carboxylic acids is 1. The van der Waals surface area contributed by atoms with Gasteiger partial charge in [-0.25, -0.2) is 0 Å². The predicted molar refractivity (Wildman–Crippen MR) is 84.1 cm³/mol. The topological polar surface area (TPSA) is 55.1 Å². The molecule has 0 aromatic heterocycles. The van der Waals surface area contributed by atoms with E-state index < -0.39 is 0 Å². The number of rotatable bonds is 2. The number of hydrogen-bond acceptors (Lipinski definition) is 2. The van der Waals surface area contributed by atoms with Crippen LogP contribution in [0.1, 0.15) is 36.0 Å². The Bertz CT molecular complexity index is 388. The standard InChI is InChI=1S/C13H17IN2O.ClH/c14-10-3-1-9(2-4-10)13(17)16-12-7-5-11(15)6-8-12;/h1-4,11-12H,5-8,15H2,(H,16,17);1H. The molecule has 0 unspecified atom stereocenters. The van der Waals surface area contributed by atoms with Crippen molar-refractivity contribution in [3.05, 3.63) is 33.4 Å². The third-order valence-electron chi connectivity index (χ3n) is 3.21. The van der Waals surface area contributed by atoms with Gasteiger partial charge in [0.25, 0.3) is 5.91 Å². The third kappa shape index (κ3) is 4.40. The van der Waals surface area contributed by atoms with Gasteiger partial charge in [-0.05, 0) is 72.5 Å². The molecule has 1 aliphatic carbocycles. The Kier molecular flexibility index (Phi) is 6.38. The smallest absolute Gasteiger partial charge is 0.251 e. The van der Waals surface area contributed by atoms with Gasteiger partial charge in [-0.3, -0.25) is 4.79 Å². The number of nitrogens with one attached hydrogen (secondary N) is 1. The molecule has 0 heterocycles. The van der Waals surface area contributed by atoms with Gasteiger partial charge in [0.1, 0.15) is 0 Å². The molecule has 1 aromatic rings. The van der Waals surface area contributed by atoms with E-state index in [1.54, 1.807) is 0 Å². The van der Waals surface area contributed by atoms with E-state index in [-0.39, 0.29) is 18.3 Å². The van der Waals surface area contributed by atoms with Gasteiger partial charge >= 0.3 is 0 Å². The Hall–Kier alpha value is -0.330. The van der Waals surface area contributed by atoms with Crippen LogP contribution in [0.25, 0.3) is 0 Å². The van der Waals surface area contributed by atoms with Gasteiger partial charge < -0.3 is 11.1 Å². The molecule has 0 saturated heterocycles. The Morgan fingerprint density at radius 3 is 2.28 bits per heavy atom. The summed E-state index contributed by atoms with van der Waals surface area (Å²) >= 11 is 2.23. The molecular formula is C13H18ClIN2O. The van der Waals surface area contributed by atoms with Crippen LogP contribution in [0.15, 0.2) is 24.3 Å². The number of hydrogen-bond donors (Lipinski definition) is 2. The highest BCUT2D eigenvalue weighted by Crippen LogP contribution is 2.17. The molecule has 1 aliphatic rings. The zero-order valence-electron chi connectivity index (χ0n) is 10.1. The lowest BCUT2D eigenvalue weighted by atomic mass is 9.91. The summed E-state index contributed by atoms with van der Waals surface area (Å²) in [6.07, 6.45) is 4.02. The highest BCUT2D eigenvalue weighted by molar-refractivity contribution is 14.1. The monoisotopic (exact) mass is 380 g/mol. The maximum atomic E-state index is 12.0. The maximum absolute atomic E-state index is 12.0. The van der Waals surface area contributed by atoms with E-state index in [1.807, 2.05) is 24.3 Å². The molecule has 1 aromatic carbocycles. The van der Waals surface area contributed by atoms with Crippen molar-refractivity contribution < 1.29 is 4.79 Å². The van der Waals surface area contributed by atoms with E-state index in [2.05, 4.69) is 27.9 Å². The fraction of sp³-hybridized carbons (Fsp3) is 0.462. The van der Waals surface area contributed by atoms with Crippen LogP contribution < -0.4 is 11.1 Å². The maximum Gasteiger partial charge on any atom is 0.251 e. The molecule has 0 atom stereocenters. The lowest BCUT2D eigenvalue weighted by Crippen LogP contribution is -2.40. The average Bonchev–Trinajstić information content (AvgIpc) is 2.33. The third-order valence-corrected chi connectivity index (χ3v) is 3.93. The molecule has 3 N–H and O–H groups in total. The minimum Gasteiger partial charge on any atom is -0.349 e. The first kappa shape index (κ1) is 15.7. The number of carbonyl (C=O) groups is 1. The SMILES string of the molecule is Cl.NC1CCC(NC(=O)c2ccc(I)cc2)CC1. The number of amides is 1. The Balaban J connectivity index is 0.00000162. The first-order chi connectivity index (χ1) is 8.15. The first-order valence-corrected chi connectivity index (χ1v) is 7.05. The second-order valence-corrected chi connectivity index (χ2v) is 5.84. The molecule has 100 valence electrons. The molecule has 1 fully saturated rings. The highest BCUT2D eigenvalue weighted by atomic mass is 127. The van der Waals surface area contributed by atoms with E-state index in [1.165, 1.54) is 0 Å². The molecule has 0 bridgehead atoms. The normalized spacial score (nSPS) is 23.0. The molecule has 1 saturated carbocycles. The molecule has 0 spiro atoms. The fourth-order valence-electron chi connectivity index (χ4n) is 2.13. The molecule has 1 amide bonds.